The molecule has 0 aromatic rings. The van der Waals surface area contributed by atoms with Crippen LogP contribution in [0.5, 0.6) is 0 Å². The van der Waals surface area contributed by atoms with Crippen LogP contribution in [0.4, 0.5) is 0 Å². The Balaban J connectivity index is 2.83. The highest BCUT2D eigenvalue weighted by Gasteiger charge is 2.34. The van der Waals surface area contributed by atoms with Crippen molar-refractivity contribution in [1.29, 1.82) is 5.26 Å². The van der Waals surface area contributed by atoms with Crippen molar-refractivity contribution in [3.63, 3.8) is 0 Å². The van der Waals surface area contributed by atoms with Gasteiger partial charge in [0, 0.05) is 6.04 Å². The number of rotatable bonds is 0. The summed E-state index contributed by atoms with van der Waals surface area (Å²) in [6.07, 6.45) is 0. The van der Waals surface area contributed by atoms with Crippen molar-refractivity contribution in [1.82, 2.24) is 0 Å². The number of nitriles is 1. The quantitative estimate of drug-likeness (QED) is 0.486. The maximum atomic E-state index is 10.8. The molecular weight excluding hydrogens is 152 g/mol. The molecule has 1 rings (SSSR count). The average Bonchev–Trinajstić information content (AvgIpc) is 2.05. The molecule has 1 fully saturated rings. The van der Waals surface area contributed by atoms with Gasteiger partial charge in [-0.3, -0.25) is 0 Å². The molecule has 1 saturated heterocycles. The first-order valence-electron chi connectivity index (χ1n) is 2.91. The molecule has 10 heavy (non-hydrogen) atoms. The SMILES string of the molecule is N#C[C@H]1CS(=O)(=O)C[C@H]1N. The first-order valence-corrected chi connectivity index (χ1v) is 4.73. The maximum absolute atomic E-state index is 10.8. The minimum atomic E-state index is -3.00. The van der Waals surface area contributed by atoms with E-state index in [2.05, 4.69) is 0 Å². The van der Waals surface area contributed by atoms with Gasteiger partial charge in [-0.2, -0.15) is 5.26 Å². The van der Waals surface area contributed by atoms with Crippen molar-refractivity contribution < 1.29 is 8.42 Å². The van der Waals surface area contributed by atoms with Gasteiger partial charge in [-0.1, -0.05) is 0 Å². The third kappa shape index (κ3) is 1.28. The van der Waals surface area contributed by atoms with E-state index in [-0.39, 0.29) is 11.5 Å². The van der Waals surface area contributed by atoms with E-state index < -0.39 is 21.8 Å². The van der Waals surface area contributed by atoms with Crippen LogP contribution in [0.25, 0.3) is 0 Å². The number of sulfone groups is 1. The lowest BCUT2D eigenvalue weighted by molar-refractivity contribution is 0.601. The zero-order chi connectivity index (χ0) is 7.78. The number of hydrogen-bond acceptors (Lipinski definition) is 4. The number of hydrogen-bond donors (Lipinski definition) is 1. The van der Waals surface area contributed by atoms with Crippen LogP contribution in [0.1, 0.15) is 0 Å². The second-order valence-corrected chi connectivity index (χ2v) is 4.63. The molecular formula is C5H8N2O2S. The fourth-order valence-corrected chi connectivity index (χ4v) is 2.83. The first-order chi connectivity index (χ1) is 4.55. The molecule has 0 amide bonds. The minimum Gasteiger partial charge on any atom is -0.326 e. The third-order valence-electron chi connectivity index (χ3n) is 1.56. The van der Waals surface area contributed by atoms with E-state index in [1.807, 2.05) is 6.07 Å². The molecule has 2 atom stereocenters. The van der Waals surface area contributed by atoms with Crippen molar-refractivity contribution in [3.8, 4) is 6.07 Å². The lowest BCUT2D eigenvalue weighted by atomic mass is 10.1. The van der Waals surface area contributed by atoms with E-state index in [0.29, 0.717) is 0 Å². The summed E-state index contributed by atoms with van der Waals surface area (Å²) in [5.74, 6) is -0.597. The monoisotopic (exact) mass is 160 g/mol. The molecule has 0 spiro atoms. The Labute approximate surface area is 59.6 Å². The highest BCUT2D eigenvalue weighted by atomic mass is 32.2. The van der Waals surface area contributed by atoms with E-state index in [0.717, 1.165) is 0 Å². The van der Waals surface area contributed by atoms with Crippen molar-refractivity contribution in [2.24, 2.45) is 11.7 Å². The topological polar surface area (TPSA) is 84.0 Å². The molecule has 0 saturated carbocycles. The third-order valence-corrected chi connectivity index (χ3v) is 3.32. The summed E-state index contributed by atoms with van der Waals surface area (Å²) < 4.78 is 21.6. The van der Waals surface area contributed by atoms with Gasteiger partial charge in [0.05, 0.1) is 23.5 Å². The van der Waals surface area contributed by atoms with Crippen LogP contribution < -0.4 is 5.73 Å². The Hall–Kier alpha value is -0.600. The van der Waals surface area contributed by atoms with Crippen molar-refractivity contribution in [3.05, 3.63) is 0 Å². The molecule has 1 aliphatic heterocycles. The summed E-state index contributed by atoms with van der Waals surface area (Å²) >= 11 is 0. The van der Waals surface area contributed by atoms with Gasteiger partial charge < -0.3 is 5.73 Å². The van der Waals surface area contributed by atoms with Gasteiger partial charge in [0.15, 0.2) is 9.84 Å². The van der Waals surface area contributed by atoms with Crippen LogP contribution in [-0.2, 0) is 9.84 Å². The van der Waals surface area contributed by atoms with E-state index in [4.69, 9.17) is 11.0 Å². The van der Waals surface area contributed by atoms with Crippen LogP contribution in [0, 0.1) is 17.2 Å². The lowest BCUT2D eigenvalue weighted by Gasteiger charge is -2.00. The van der Waals surface area contributed by atoms with E-state index >= 15 is 0 Å². The van der Waals surface area contributed by atoms with Gasteiger partial charge in [-0.25, -0.2) is 8.42 Å². The fraction of sp³-hybridized carbons (Fsp3) is 0.800. The molecule has 4 nitrogen and oxygen atoms in total. The van der Waals surface area contributed by atoms with Gasteiger partial charge in [0.25, 0.3) is 0 Å². The standard InChI is InChI=1S/C5H8N2O2S/c6-1-4-2-10(8,9)3-5(4)7/h4-5H,2-3,7H2/t4-,5+/m0/s1. The summed E-state index contributed by atoms with van der Waals surface area (Å²) in [5, 5.41) is 8.37. The van der Waals surface area contributed by atoms with Crippen LogP contribution in [0.3, 0.4) is 0 Å². The molecule has 1 heterocycles. The minimum absolute atomic E-state index is 0.0365. The Morgan fingerprint density at radius 3 is 2.30 bits per heavy atom. The Kier molecular flexibility index (Phi) is 1.67. The second kappa shape index (κ2) is 2.22. The molecule has 0 aromatic heterocycles. The highest BCUT2D eigenvalue weighted by Crippen LogP contribution is 2.15. The maximum Gasteiger partial charge on any atom is 0.153 e. The zero-order valence-corrected chi connectivity index (χ0v) is 6.13. The largest absolute Gasteiger partial charge is 0.326 e. The van der Waals surface area contributed by atoms with Gasteiger partial charge in [-0.15, -0.1) is 0 Å². The molecule has 0 unspecified atom stereocenters. The van der Waals surface area contributed by atoms with Crippen LogP contribution in [0.15, 0.2) is 0 Å². The molecule has 1 aliphatic rings. The first kappa shape index (κ1) is 7.51. The Morgan fingerprint density at radius 2 is 2.10 bits per heavy atom. The summed E-state index contributed by atoms with van der Waals surface area (Å²) in [6, 6.07) is 1.39. The smallest absolute Gasteiger partial charge is 0.153 e. The van der Waals surface area contributed by atoms with Gasteiger partial charge in [0.1, 0.15) is 0 Å². The second-order valence-electron chi connectivity index (χ2n) is 2.48. The van der Waals surface area contributed by atoms with Crippen molar-refractivity contribution in [2.75, 3.05) is 11.5 Å². The summed E-state index contributed by atoms with van der Waals surface area (Å²) in [6.45, 7) is 0. The molecule has 0 radical (unpaired) electrons. The summed E-state index contributed by atoms with van der Waals surface area (Å²) in [5.41, 5.74) is 5.36. The normalized spacial score (nSPS) is 37.2. The molecule has 0 aromatic carbocycles. The van der Waals surface area contributed by atoms with E-state index in [1.54, 1.807) is 0 Å². The van der Waals surface area contributed by atoms with Crippen LogP contribution >= 0.6 is 0 Å². The van der Waals surface area contributed by atoms with Gasteiger partial charge in [-0.05, 0) is 0 Å². The van der Waals surface area contributed by atoms with Crippen LogP contribution in [-0.4, -0.2) is 26.0 Å². The Bertz CT molecular complexity index is 264. The van der Waals surface area contributed by atoms with Crippen molar-refractivity contribution in [2.45, 2.75) is 6.04 Å². The van der Waals surface area contributed by atoms with Gasteiger partial charge in [0.2, 0.25) is 0 Å². The predicted molar refractivity (Wildman–Crippen MR) is 35.7 cm³/mol. The molecule has 5 heteroatoms. The summed E-state index contributed by atoms with van der Waals surface area (Å²) in [7, 11) is -3.00. The molecule has 0 bridgehead atoms. The Morgan fingerprint density at radius 1 is 1.50 bits per heavy atom. The predicted octanol–water partition coefficient (Wildman–Crippen LogP) is -1.12. The molecule has 0 aliphatic carbocycles. The molecule has 56 valence electrons. The fourth-order valence-electron chi connectivity index (χ4n) is 1.01. The lowest BCUT2D eigenvalue weighted by Crippen LogP contribution is -2.27. The molecule has 2 N–H and O–H groups in total. The van der Waals surface area contributed by atoms with E-state index in [1.165, 1.54) is 0 Å². The van der Waals surface area contributed by atoms with Gasteiger partial charge >= 0.3 is 0 Å². The van der Waals surface area contributed by atoms with E-state index in [9.17, 15) is 8.42 Å². The summed E-state index contributed by atoms with van der Waals surface area (Å²) in [4.78, 5) is 0. The van der Waals surface area contributed by atoms with Crippen molar-refractivity contribution >= 4 is 9.84 Å². The van der Waals surface area contributed by atoms with Crippen LogP contribution in [0.2, 0.25) is 0 Å². The average molecular weight is 160 g/mol. The number of nitrogens with zero attached hydrogens (tertiary/aromatic N) is 1. The number of nitrogens with two attached hydrogens (primary N) is 1. The highest BCUT2D eigenvalue weighted by molar-refractivity contribution is 7.91. The zero-order valence-electron chi connectivity index (χ0n) is 5.32.